The average molecular weight is 315 g/mol. The summed E-state index contributed by atoms with van der Waals surface area (Å²) < 4.78 is 5.30. The molecule has 0 fully saturated rings. The van der Waals surface area contributed by atoms with Crippen molar-refractivity contribution in [1.82, 2.24) is 15.0 Å². The molecule has 22 heavy (non-hydrogen) atoms. The van der Waals surface area contributed by atoms with Gasteiger partial charge >= 0.3 is 0 Å². The summed E-state index contributed by atoms with van der Waals surface area (Å²) in [5.41, 5.74) is 1.41. The Bertz CT molecular complexity index is 793. The Morgan fingerprint density at radius 1 is 1.36 bits per heavy atom. The number of rotatable bonds is 5. The first-order valence-electron chi connectivity index (χ1n) is 7.26. The molecule has 0 aliphatic rings. The number of fused-ring (bicyclic) bond motifs is 1. The topological polar surface area (TPSA) is 59.2 Å². The predicted molar refractivity (Wildman–Crippen MR) is 87.0 cm³/mol. The van der Waals surface area contributed by atoms with Crippen molar-refractivity contribution in [3.8, 4) is 10.7 Å². The second kappa shape index (κ2) is 6.27. The molecule has 0 N–H and O–H groups in total. The summed E-state index contributed by atoms with van der Waals surface area (Å²) in [6, 6.07) is 7.64. The smallest absolute Gasteiger partial charge is 0.265 e. The number of carbonyl (C=O) groups is 1. The zero-order valence-electron chi connectivity index (χ0n) is 12.6. The van der Waals surface area contributed by atoms with Gasteiger partial charge in [0.05, 0.1) is 11.6 Å². The Kier molecular flexibility index (Phi) is 4.20. The van der Waals surface area contributed by atoms with Gasteiger partial charge in [-0.25, -0.2) is 4.98 Å². The van der Waals surface area contributed by atoms with Crippen LogP contribution in [0.3, 0.4) is 0 Å². The van der Waals surface area contributed by atoms with Gasteiger partial charge in [-0.3, -0.25) is 4.79 Å². The number of carbonyl (C=O) groups excluding carboxylic acids is 1. The van der Waals surface area contributed by atoms with Gasteiger partial charge in [-0.2, -0.15) is 0 Å². The number of thiazole rings is 1. The van der Waals surface area contributed by atoms with Gasteiger partial charge in [0.1, 0.15) is 15.6 Å². The Labute approximate surface area is 132 Å². The molecule has 3 rings (SSSR count). The fourth-order valence-corrected chi connectivity index (χ4v) is 3.11. The van der Waals surface area contributed by atoms with Gasteiger partial charge in [0.15, 0.2) is 5.58 Å². The molecule has 0 saturated heterocycles. The van der Waals surface area contributed by atoms with Crippen LogP contribution in [0.15, 0.2) is 35.0 Å². The van der Waals surface area contributed by atoms with Crippen molar-refractivity contribution in [1.29, 1.82) is 0 Å². The molecule has 0 radical (unpaired) electrons. The molecule has 0 unspecified atom stereocenters. The molecular weight excluding hydrogens is 298 g/mol. The van der Waals surface area contributed by atoms with E-state index in [0.717, 1.165) is 30.4 Å². The number of nitrogens with zero attached hydrogens (tertiary/aromatic N) is 3. The molecule has 0 bridgehead atoms. The van der Waals surface area contributed by atoms with Crippen molar-refractivity contribution in [2.24, 2.45) is 0 Å². The van der Waals surface area contributed by atoms with Crippen molar-refractivity contribution in [3.63, 3.8) is 0 Å². The van der Waals surface area contributed by atoms with Crippen LogP contribution in [0.2, 0.25) is 0 Å². The van der Waals surface area contributed by atoms with E-state index in [1.807, 2.05) is 31.3 Å². The summed E-state index contributed by atoms with van der Waals surface area (Å²) in [7, 11) is 1.82. The van der Waals surface area contributed by atoms with Crippen LogP contribution >= 0.6 is 11.3 Å². The molecule has 3 aromatic rings. The lowest BCUT2D eigenvalue weighted by molar-refractivity contribution is 0.0798. The van der Waals surface area contributed by atoms with Gasteiger partial charge in [0, 0.05) is 13.6 Å². The second-order valence-electron chi connectivity index (χ2n) is 5.14. The van der Waals surface area contributed by atoms with Crippen LogP contribution in [0.5, 0.6) is 0 Å². The van der Waals surface area contributed by atoms with E-state index in [9.17, 15) is 4.79 Å². The van der Waals surface area contributed by atoms with Gasteiger partial charge in [-0.05, 0) is 18.6 Å². The minimum Gasteiger partial charge on any atom is -0.356 e. The second-order valence-corrected chi connectivity index (χ2v) is 6.17. The van der Waals surface area contributed by atoms with Gasteiger partial charge in [0.2, 0.25) is 0 Å². The highest BCUT2D eigenvalue weighted by molar-refractivity contribution is 7.17. The maximum absolute atomic E-state index is 12.3. The fourth-order valence-electron chi connectivity index (χ4n) is 2.21. The van der Waals surface area contributed by atoms with Gasteiger partial charge < -0.3 is 9.42 Å². The number of amides is 1. The van der Waals surface area contributed by atoms with E-state index in [2.05, 4.69) is 17.1 Å². The van der Waals surface area contributed by atoms with E-state index in [-0.39, 0.29) is 5.91 Å². The molecule has 1 aromatic carbocycles. The monoisotopic (exact) mass is 315 g/mol. The minimum atomic E-state index is 0.00463. The summed E-state index contributed by atoms with van der Waals surface area (Å²) in [6.07, 6.45) is 3.69. The van der Waals surface area contributed by atoms with Crippen molar-refractivity contribution in [2.45, 2.75) is 19.8 Å². The number of para-hydroxylation sites is 1. The minimum absolute atomic E-state index is 0.00463. The molecule has 6 heteroatoms. The quantitative estimate of drug-likeness (QED) is 0.718. The van der Waals surface area contributed by atoms with Gasteiger partial charge in [-0.1, -0.05) is 30.6 Å². The average Bonchev–Trinajstić information content (AvgIpc) is 3.18. The maximum Gasteiger partial charge on any atom is 0.265 e. The lowest BCUT2D eigenvalue weighted by Crippen LogP contribution is -2.26. The fraction of sp³-hybridized carbons (Fsp3) is 0.312. The molecule has 0 aliphatic heterocycles. The van der Waals surface area contributed by atoms with Crippen molar-refractivity contribution in [2.75, 3.05) is 13.6 Å². The first-order valence-corrected chi connectivity index (χ1v) is 8.08. The first-order chi connectivity index (χ1) is 10.7. The largest absolute Gasteiger partial charge is 0.356 e. The standard InChI is InChI=1S/C16H17N3O2S/c1-3-4-9-19(2)16(20)13-10-17-15(22-13)14-11-7-5-6-8-12(11)21-18-14/h5-8,10H,3-4,9H2,1-2H3. The SMILES string of the molecule is CCCCN(C)C(=O)c1cnc(-c2noc3ccccc23)s1. The first kappa shape index (κ1) is 14.7. The Morgan fingerprint density at radius 2 is 2.18 bits per heavy atom. The number of hydrogen-bond acceptors (Lipinski definition) is 5. The molecule has 0 spiro atoms. The van der Waals surface area contributed by atoms with Crippen LogP contribution in [0, 0.1) is 0 Å². The highest BCUT2D eigenvalue weighted by atomic mass is 32.1. The molecular formula is C16H17N3O2S. The van der Waals surface area contributed by atoms with Crippen molar-refractivity contribution in [3.05, 3.63) is 35.3 Å². The molecule has 0 atom stereocenters. The third-order valence-corrected chi connectivity index (χ3v) is 4.48. The van der Waals surface area contributed by atoms with Gasteiger partial charge in [-0.15, -0.1) is 11.3 Å². The normalized spacial score (nSPS) is 11.0. The van der Waals surface area contributed by atoms with Crippen molar-refractivity contribution < 1.29 is 9.32 Å². The Balaban J connectivity index is 1.86. The zero-order valence-corrected chi connectivity index (χ0v) is 13.4. The third-order valence-electron chi connectivity index (χ3n) is 3.49. The van der Waals surface area contributed by atoms with Crippen LogP contribution in [-0.2, 0) is 0 Å². The molecule has 2 aromatic heterocycles. The summed E-state index contributed by atoms with van der Waals surface area (Å²) >= 11 is 1.35. The van der Waals surface area contributed by atoms with E-state index in [1.54, 1.807) is 11.1 Å². The number of aromatic nitrogens is 2. The maximum atomic E-state index is 12.3. The highest BCUT2D eigenvalue weighted by Crippen LogP contribution is 2.31. The van der Waals surface area contributed by atoms with Crippen LogP contribution in [0.1, 0.15) is 29.4 Å². The Morgan fingerprint density at radius 3 is 3.00 bits per heavy atom. The third kappa shape index (κ3) is 2.74. The molecule has 5 nitrogen and oxygen atoms in total. The van der Waals surface area contributed by atoms with E-state index in [4.69, 9.17) is 4.52 Å². The number of benzene rings is 1. The molecule has 2 heterocycles. The molecule has 1 amide bonds. The number of unbranched alkanes of at least 4 members (excludes halogenated alkanes) is 1. The van der Waals surface area contributed by atoms with E-state index < -0.39 is 0 Å². The molecule has 0 aliphatic carbocycles. The number of hydrogen-bond donors (Lipinski definition) is 0. The van der Waals surface area contributed by atoms with Crippen LogP contribution < -0.4 is 0 Å². The molecule has 0 saturated carbocycles. The lowest BCUT2D eigenvalue weighted by atomic mass is 10.2. The predicted octanol–water partition coefficient (Wildman–Crippen LogP) is 3.82. The van der Waals surface area contributed by atoms with Gasteiger partial charge in [0.25, 0.3) is 5.91 Å². The van der Waals surface area contributed by atoms with Crippen LogP contribution in [0.4, 0.5) is 0 Å². The zero-order chi connectivity index (χ0) is 15.5. The van der Waals surface area contributed by atoms with E-state index in [1.165, 1.54) is 11.3 Å². The van der Waals surface area contributed by atoms with E-state index >= 15 is 0 Å². The Hall–Kier alpha value is -2.21. The summed E-state index contributed by atoms with van der Waals surface area (Å²) in [5.74, 6) is 0.00463. The lowest BCUT2D eigenvalue weighted by Gasteiger charge is -2.14. The van der Waals surface area contributed by atoms with E-state index in [0.29, 0.717) is 15.6 Å². The molecule has 114 valence electrons. The van der Waals surface area contributed by atoms with Crippen LogP contribution in [-0.4, -0.2) is 34.5 Å². The highest BCUT2D eigenvalue weighted by Gasteiger charge is 2.18. The summed E-state index contributed by atoms with van der Waals surface area (Å²) in [6.45, 7) is 2.87. The summed E-state index contributed by atoms with van der Waals surface area (Å²) in [4.78, 5) is 19.1. The summed E-state index contributed by atoms with van der Waals surface area (Å²) in [5, 5.41) is 5.70. The van der Waals surface area contributed by atoms with Crippen molar-refractivity contribution >= 4 is 28.2 Å². The van der Waals surface area contributed by atoms with Crippen LogP contribution in [0.25, 0.3) is 21.7 Å².